The third kappa shape index (κ3) is 2.79. The van der Waals surface area contributed by atoms with E-state index < -0.39 is 5.54 Å². The lowest BCUT2D eigenvalue weighted by atomic mass is 9.96. The van der Waals surface area contributed by atoms with Gasteiger partial charge in [-0.25, -0.2) is 0 Å². The molecule has 0 saturated heterocycles. The molecule has 1 fully saturated rings. The molecule has 2 N–H and O–H groups in total. The Morgan fingerprint density at radius 2 is 2.29 bits per heavy atom. The molecule has 0 bridgehead atoms. The minimum atomic E-state index is -0.514. The van der Waals surface area contributed by atoms with Gasteiger partial charge in [0.15, 0.2) is 0 Å². The van der Waals surface area contributed by atoms with Gasteiger partial charge in [-0.15, -0.1) is 0 Å². The SMILES string of the molecule is CC(CO)(NC(=O)c1cccc(Cl)c1)C1CC1. The Morgan fingerprint density at radius 1 is 1.59 bits per heavy atom. The second-order valence-corrected chi connectivity index (χ2v) is 5.25. The maximum absolute atomic E-state index is 12.0. The molecule has 0 aromatic heterocycles. The topological polar surface area (TPSA) is 49.3 Å². The summed E-state index contributed by atoms with van der Waals surface area (Å²) in [6, 6.07) is 6.81. The van der Waals surface area contributed by atoms with E-state index in [9.17, 15) is 9.90 Å². The van der Waals surface area contributed by atoms with E-state index in [0.29, 0.717) is 16.5 Å². The molecule has 1 aromatic carbocycles. The van der Waals surface area contributed by atoms with E-state index in [1.165, 1.54) is 0 Å². The first-order valence-electron chi connectivity index (χ1n) is 5.74. The van der Waals surface area contributed by atoms with Crippen molar-refractivity contribution >= 4 is 17.5 Å². The van der Waals surface area contributed by atoms with E-state index in [1.54, 1.807) is 24.3 Å². The molecular weight excluding hydrogens is 238 g/mol. The minimum absolute atomic E-state index is 0.0377. The number of hydrogen-bond donors (Lipinski definition) is 2. The largest absolute Gasteiger partial charge is 0.394 e. The number of aliphatic hydroxyl groups excluding tert-OH is 1. The first-order valence-corrected chi connectivity index (χ1v) is 6.12. The van der Waals surface area contributed by atoms with Crippen molar-refractivity contribution in [3.63, 3.8) is 0 Å². The van der Waals surface area contributed by atoms with Crippen LogP contribution in [0.2, 0.25) is 5.02 Å². The predicted molar refractivity (Wildman–Crippen MR) is 67.1 cm³/mol. The third-order valence-electron chi connectivity index (χ3n) is 3.29. The molecule has 0 radical (unpaired) electrons. The molecule has 2 rings (SSSR count). The molecule has 1 aromatic rings. The maximum atomic E-state index is 12.0. The predicted octanol–water partition coefficient (Wildman–Crippen LogP) is 2.23. The Kier molecular flexibility index (Phi) is 3.40. The number of benzene rings is 1. The molecular formula is C13H16ClNO2. The van der Waals surface area contributed by atoms with Crippen molar-refractivity contribution < 1.29 is 9.90 Å². The molecule has 0 heterocycles. The van der Waals surface area contributed by atoms with E-state index >= 15 is 0 Å². The van der Waals surface area contributed by atoms with Crippen LogP contribution >= 0.6 is 11.6 Å². The summed E-state index contributed by atoms with van der Waals surface area (Å²) >= 11 is 5.84. The van der Waals surface area contributed by atoms with Gasteiger partial charge in [0.05, 0.1) is 12.1 Å². The summed E-state index contributed by atoms with van der Waals surface area (Å²) < 4.78 is 0. The van der Waals surface area contributed by atoms with Gasteiger partial charge in [0.1, 0.15) is 0 Å². The zero-order valence-electron chi connectivity index (χ0n) is 9.74. The molecule has 4 heteroatoms. The first kappa shape index (κ1) is 12.4. The number of carbonyl (C=O) groups excluding carboxylic acids is 1. The van der Waals surface area contributed by atoms with Crippen LogP contribution in [0.4, 0.5) is 0 Å². The first-order chi connectivity index (χ1) is 8.05. The van der Waals surface area contributed by atoms with Crippen LogP contribution in [0.3, 0.4) is 0 Å². The fourth-order valence-electron chi connectivity index (χ4n) is 1.95. The fraction of sp³-hybridized carbons (Fsp3) is 0.462. The number of nitrogens with one attached hydrogen (secondary N) is 1. The van der Waals surface area contributed by atoms with Crippen LogP contribution in [0.1, 0.15) is 30.1 Å². The number of carbonyl (C=O) groups is 1. The number of hydrogen-bond acceptors (Lipinski definition) is 2. The molecule has 1 saturated carbocycles. The molecule has 3 nitrogen and oxygen atoms in total. The summed E-state index contributed by atoms with van der Waals surface area (Å²) in [5.74, 6) is 0.201. The van der Waals surface area contributed by atoms with Gasteiger partial charge in [-0.05, 0) is 43.9 Å². The number of rotatable bonds is 4. The lowest BCUT2D eigenvalue weighted by Crippen LogP contribution is -2.50. The highest BCUT2D eigenvalue weighted by Crippen LogP contribution is 2.39. The summed E-state index contributed by atoms with van der Waals surface area (Å²) in [6.45, 7) is 1.84. The van der Waals surface area contributed by atoms with E-state index in [-0.39, 0.29) is 12.5 Å². The zero-order valence-corrected chi connectivity index (χ0v) is 10.5. The molecule has 1 aliphatic rings. The van der Waals surface area contributed by atoms with Gasteiger partial charge in [0, 0.05) is 10.6 Å². The summed E-state index contributed by atoms with van der Waals surface area (Å²) in [5.41, 5.74) is 0.0113. The van der Waals surface area contributed by atoms with Crippen molar-refractivity contribution in [2.75, 3.05) is 6.61 Å². The average Bonchev–Trinajstić information content (AvgIpc) is 3.13. The van der Waals surface area contributed by atoms with Gasteiger partial charge in [-0.3, -0.25) is 4.79 Å². The minimum Gasteiger partial charge on any atom is -0.394 e. The smallest absolute Gasteiger partial charge is 0.251 e. The Balaban J connectivity index is 2.10. The van der Waals surface area contributed by atoms with Crippen molar-refractivity contribution in [3.8, 4) is 0 Å². The highest BCUT2D eigenvalue weighted by molar-refractivity contribution is 6.30. The second kappa shape index (κ2) is 4.67. The molecule has 92 valence electrons. The summed E-state index contributed by atoms with van der Waals surface area (Å²) in [6.07, 6.45) is 2.12. The summed E-state index contributed by atoms with van der Waals surface area (Å²) in [7, 11) is 0. The molecule has 0 spiro atoms. The monoisotopic (exact) mass is 253 g/mol. The van der Waals surface area contributed by atoms with Crippen molar-refractivity contribution in [2.24, 2.45) is 5.92 Å². The quantitative estimate of drug-likeness (QED) is 0.865. The highest BCUT2D eigenvalue weighted by Gasteiger charge is 2.42. The van der Waals surface area contributed by atoms with Crippen LogP contribution in [0.15, 0.2) is 24.3 Å². The molecule has 1 amide bonds. The van der Waals surface area contributed by atoms with Crippen molar-refractivity contribution in [1.29, 1.82) is 0 Å². The highest BCUT2D eigenvalue weighted by atomic mass is 35.5. The average molecular weight is 254 g/mol. The van der Waals surface area contributed by atoms with Crippen molar-refractivity contribution in [3.05, 3.63) is 34.9 Å². The molecule has 1 aliphatic carbocycles. The summed E-state index contributed by atoms with van der Waals surface area (Å²) in [4.78, 5) is 12.0. The number of amides is 1. The molecule has 17 heavy (non-hydrogen) atoms. The van der Waals surface area contributed by atoms with E-state index in [4.69, 9.17) is 11.6 Å². The van der Waals surface area contributed by atoms with Crippen LogP contribution < -0.4 is 5.32 Å². The van der Waals surface area contributed by atoms with E-state index in [2.05, 4.69) is 5.32 Å². The van der Waals surface area contributed by atoms with Crippen LogP contribution in [-0.4, -0.2) is 23.2 Å². The van der Waals surface area contributed by atoms with Gasteiger partial charge >= 0.3 is 0 Å². The van der Waals surface area contributed by atoms with Crippen molar-refractivity contribution in [2.45, 2.75) is 25.3 Å². The Hall–Kier alpha value is -1.06. The van der Waals surface area contributed by atoms with E-state index in [0.717, 1.165) is 12.8 Å². The number of halogens is 1. The normalized spacial score (nSPS) is 18.5. The fourth-order valence-corrected chi connectivity index (χ4v) is 2.14. The number of aliphatic hydroxyl groups is 1. The van der Waals surface area contributed by atoms with Gasteiger partial charge in [0.2, 0.25) is 0 Å². The van der Waals surface area contributed by atoms with Crippen LogP contribution in [-0.2, 0) is 0 Å². The van der Waals surface area contributed by atoms with Crippen molar-refractivity contribution in [1.82, 2.24) is 5.32 Å². The molecule has 0 aliphatic heterocycles. The van der Waals surface area contributed by atoms with Gasteiger partial charge in [0.25, 0.3) is 5.91 Å². The second-order valence-electron chi connectivity index (χ2n) is 4.81. The third-order valence-corrected chi connectivity index (χ3v) is 3.53. The van der Waals surface area contributed by atoms with Gasteiger partial charge in [-0.2, -0.15) is 0 Å². The maximum Gasteiger partial charge on any atom is 0.251 e. The van der Waals surface area contributed by atoms with Gasteiger partial charge < -0.3 is 10.4 Å². The lowest BCUT2D eigenvalue weighted by Gasteiger charge is -2.28. The Morgan fingerprint density at radius 3 is 2.82 bits per heavy atom. The lowest BCUT2D eigenvalue weighted by molar-refractivity contribution is 0.0824. The van der Waals surface area contributed by atoms with E-state index in [1.807, 2.05) is 6.92 Å². The van der Waals surface area contributed by atoms with Crippen LogP contribution in [0.25, 0.3) is 0 Å². The standard InChI is InChI=1S/C13H16ClNO2/c1-13(8-16,10-5-6-10)15-12(17)9-3-2-4-11(14)7-9/h2-4,7,10,16H,5-6,8H2,1H3,(H,15,17). The van der Waals surface area contributed by atoms with Crippen LogP contribution in [0.5, 0.6) is 0 Å². The zero-order chi connectivity index (χ0) is 12.5. The molecule has 1 unspecified atom stereocenters. The Bertz CT molecular complexity index is 431. The Labute approximate surface area is 106 Å². The summed E-state index contributed by atoms with van der Waals surface area (Å²) in [5, 5.41) is 12.8. The van der Waals surface area contributed by atoms with Gasteiger partial charge in [-0.1, -0.05) is 17.7 Å². The molecule has 1 atom stereocenters. The van der Waals surface area contributed by atoms with Crippen LogP contribution in [0, 0.1) is 5.92 Å².